The fourth-order valence-corrected chi connectivity index (χ4v) is 2.60. The number of carbonyl (C=O) groups is 2. The zero-order chi connectivity index (χ0) is 14.8. The number of carbonyl (C=O) groups excluding carboxylic acids is 2. The van der Waals surface area contributed by atoms with Crippen LogP contribution in [0.15, 0.2) is 30.4 Å². The monoisotopic (exact) mass is 286 g/mol. The third kappa shape index (κ3) is 2.69. The van der Waals surface area contributed by atoms with Gasteiger partial charge in [0.1, 0.15) is 12.5 Å². The van der Waals surface area contributed by atoms with E-state index in [-0.39, 0.29) is 11.8 Å². The number of unbranched alkanes of at least 4 members (excludes halogenated alkanes) is 1. The Labute approximate surface area is 123 Å². The Morgan fingerprint density at radius 1 is 1.19 bits per heavy atom. The lowest BCUT2D eigenvalue weighted by molar-refractivity contribution is -0.119. The van der Waals surface area contributed by atoms with E-state index in [9.17, 15) is 9.59 Å². The van der Waals surface area contributed by atoms with Gasteiger partial charge in [-0.25, -0.2) is 4.90 Å². The Bertz CT molecular complexity index is 592. The average molecular weight is 286 g/mol. The molecule has 0 aromatic heterocycles. The number of benzene rings is 1. The van der Waals surface area contributed by atoms with Gasteiger partial charge in [-0.1, -0.05) is 13.3 Å². The van der Waals surface area contributed by atoms with Crippen molar-refractivity contribution >= 4 is 17.5 Å². The number of fused-ring (bicyclic) bond motifs is 1. The van der Waals surface area contributed by atoms with Crippen molar-refractivity contribution in [3.8, 4) is 5.75 Å². The molecule has 1 aromatic carbocycles. The predicted octanol–water partition coefficient (Wildman–Crippen LogP) is 2.07. The Morgan fingerprint density at radius 3 is 2.67 bits per heavy atom. The van der Waals surface area contributed by atoms with Crippen molar-refractivity contribution in [2.45, 2.75) is 26.3 Å². The largest absolute Gasteiger partial charge is 0.478 e. The molecule has 2 heterocycles. The zero-order valence-electron chi connectivity index (χ0n) is 12.0. The van der Waals surface area contributed by atoms with Crippen LogP contribution in [0.2, 0.25) is 0 Å². The topological polar surface area (TPSA) is 49.9 Å². The summed E-state index contributed by atoms with van der Waals surface area (Å²) in [4.78, 5) is 26.9. The normalized spacial score (nSPS) is 18.0. The minimum Gasteiger partial charge on any atom is -0.478 e. The predicted molar refractivity (Wildman–Crippen MR) is 78.9 cm³/mol. The Balaban J connectivity index is 1.81. The highest BCUT2D eigenvalue weighted by atomic mass is 16.5. The molecule has 5 nitrogen and oxygen atoms in total. The summed E-state index contributed by atoms with van der Waals surface area (Å²) in [5, 5.41) is 0. The van der Waals surface area contributed by atoms with Crippen LogP contribution in [-0.2, 0) is 16.1 Å². The second-order valence-corrected chi connectivity index (χ2v) is 5.32. The lowest BCUT2D eigenvalue weighted by atomic mass is 10.1. The van der Waals surface area contributed by atoms with Gasteiger partial charge in [0.15, 0.2) is 0 Å². The molecule has 3 rings (SSSR count). The molecular formula is C16H18N2O3. The van der Waals surface area contributed by atoms with Crippen molar-refractivity contribution in [2.75, 3.05) is 18.2 Å². The van der Waals surface area contributed by atoms with E-state index in [1.807, 2.05) is 12.1 Å². The van der Waals surface area contributed by atoms with Gasteiger partial charge in [-0.15, -0.1) is 0 Å². The van der Waals surface area contributed by atoms with Gasteiger partial charge in [0, 0.05) is 30.8 Å². The highest BCUT2D eigenvalue weighted by Crippen LogP contribution is 2.30. The molecule has 110 valence electrons. The van der Waals surface area contributed by atoms with Gasteiger partial charge in [0.25, 0.3) is 11.8 Å². The maximum Gasteiger partial charge on any atom is 0.258 e. The van der Waals surface area contributed by atoms with E-state index in [1.165, 1.54) is 17.1 Å². The first-order valence-corrected chi connectivity index (χ1v) is 7.23. The second kappa shape index (κ2) is 5.69. The molecule has 0 atom stereocenters. The van der Waals surface area contributed by atoms with E-state index >= 15 is 0 Å². The van der Waals surface area contributed by atoms with Gasteiger partial charge in [-0.2, -0.15) is 0 Å². The molecule has 0 unspecified atom stereocenters. The molecule has 2 amide bonds. The maximum atomic E-state index is 11.7. The van der Waals surface area contributed by atoms with Crippen LogP contribution in [0.5, 0.6) is 5.75 Å². The standard InChI is InChI=1S/C16H18N2O3/c1-2-3-8-17-10-12-9-13(4-5-14(12)21-11-17)18-15(19)6-7-16(18)20/h4-7,9H,2-3,8,10-11H2,1H3. The van der Waals surface area contributed by atoms with Crippen LogP contribution in [0.25, 0.3) is 0 Å². The van der Waals surface area contributed by atoms with Gasteiger partial charge in [-0.05, 0) is 24.6 Å². The zero-order valence-corrected chi connectivity index (χ0v) is 12.0. The molecule has 0 bridgehead atoms. The maximum absolute atomic E-state index is 11.7. The molecule has 21 heavy (non-hydrogen) atoms. The summed E-state index contributed by atoms with van der Waals surface area (Å²) in [5.74, 6) is 0.248. The van der Waals surface area contributed by atoms with Gasteiger partial charge < -0.3 is 4.74 Å². The van der Waals surface area contributed by atoms with Crippen molar-refractivity contribution < 1.29 is 14.3 Å². The number of hydrogen-bond acceptors (Lipinski definition) is 4. The van der Waals surface area contributed by atoms with E-state index in [2.05, 4.69) is 11.8 Å². The summed E-state index contributed by atoms with van der Waals surface area (Å²) < 4.78 is 5.73. The van der Waals surface area contributed by atoms with Crippen LogP contribution in [-0.4, -0.2) is 30.0 Å². The first kappa shape index (κ1) is 13.8. The van der Waals surface area contributed by atoms with Crippen LogP contribution >= 0.6 is 0 Å². The molecule has 0 aliphatic carbocycles. The molecule has 5 heteroatoms. The number of hydrogen-bond donors (Lipinski definition) is 0. The number of nitrogens with zero attached hydrogens (tertiary/aromatic N) is 2. The Hall–Kier alpha value is -2.14. The fraction of sp³-hybridized carbons (Fsp3) is 0.375. The minimum atomic E-state index is -0.292. The first-order valence-electron chi connectivity index (χ1n) is 7.23. The summed E-state index contributed by atoms with van der Waals surface area (Å²) in [5.41, 5.74) is 1.62. The van der Waals surface area contributed by atoms with Crippen LogP contribution in [0, 0.1) is 0 Å². The van der Waals surface area contributed by atoms with Gasteiger partial charge in [-0.3, -0.25) is 14.5 Å². The van der Waals surface area contributed by atoms with Crippen molar-refractivity contribution in [2.24, 2.45) is 0 Å². The summed E-state index contributed by atoms with van der Waals surface area (Å²) >= 11 is 0. The lowest BCUT2D eigenvalue weighted by Crippen LogP contribution is -2.33. The highest BCUT2D eigenvalue weighted by molar-refractivity contribution is 6.28. The molecule has 2 aliphatic heterocycles. The third-order valence-electron chi connectivity index (χ3n) is 3.74. The number of imide groups is 1. The van der Waals surface area contributed by atoms with Crippen molar-refractivity contribution in [1.29, 1.82) is 0 Å². The molecule has 0 saturated carbocycles. The van der Waals surface area contributed by atoms with Crippen molar-refractivity contribution in [3.05, 3.63) is 35.9 Å². The number of amides is 2. The van der Waals surface area contributed by atoms with E-state index in [0.717, 1.165) is 37.2 Å². The molecular weight excluding hydrogens is 268 g/mol. The highest BCUT2D eigenvalue weighted by Gasteiger charge is 2.26. The molecule has 1 aromatic rings. The van der Waals surface area contributed by atoms with Crippen LogP contribution in [0.4, 0.5) is 5.69 Å². The van der Waals surface area contributed by atoms with Crippen LogP contribution < -0.4 is 9.64 Å². The van der Waals surface area contributed by atoms with Crippen LogP contribution in [0.1, 0.15) is 25.3 Å². The van der Waals surface area contributed by atoms with E-state index in [4.69, 9.17) is 4.74 Å². The summed E-state index contributed by atoms with van der Waals surface area (Å²) in [7, 11) is 0. The van der Waals surface area contributed by atoms with Crippen molar-refractivity contribution in [3.63, 3.8) is 0 Å². The van der Waals surface area contributed by atoms with E-state index in [0.29, 0.717) is 12.4 Å². The van der Waals surface area contributed by atoms with Crippen molar-refractivity contribution in [1.82, 2.24) is 4.90 Å². The molecule has 0 N–H and O–H groups in total. The quantitative estimate of drug-likeness (QED) is 0.795. The molecule has 0 fully saturated rings. The van der Waals surface area contributed by atoms with E-state index in [1.54, 1.807) is 6.07 Å². The van der Waals surface area contributed by atoms with Gasteiger partial charge in [0.2, 0.25) is 0 Å². The van der Waals surface area contributed by atoms with Gasteiger partial charge in [0.05, 0.1) is 5.69 Å². The van der Waals surface area contributed by atoms with Crippen LogP contribution in [0.3, 0.4) is 0 Å². The lowest BCUT2D eigenvalue weighted by Gasteiger charge is -2.29. The molecule has 2 aliphatic rings. The third-order valence-corrected chi connectivity index (χ3v) is 3.74. The second-order valence-electron chi connectivity index (χ2n) is 5.32. The summed E-state index contributed by atoms with van der Waals surface area (Å²) in [6, 6.07) is 5.46. The van der Waals surface area contributed by atoms with Gasteiger partial charge >= 0.3 is 0 Å². The van der Waals surface area contributed by atoms with E-state index < -0.39 is 0 Å². The summed E-state index contributed by atoms with van der Waals surface area (Å²) in [6.07, 6.45) is 4.87. The molecule has 0 spiro atoms. The number of rotatable bonds is 4. The Morgan fingerprint density at radius 2 is 1.95 bits per heavy atom. The molecule has 0 saturated heterocycles. The smallest absolute Gasteiger partial charge is 0.258 e. The number of ether oxygens (including phenoxy) is 1. The Kier molecular flexibility index (Phi) is 3.75. The fourth-order valence-electron chi connectivity index (χ4n) is 2.60. The average Bonchev–Trinajstić information content (AvgIpc) is 2.83. The summed E-state index contributed by atoms with van der Waals surface area (Å²) in [6.45, 7) is 4.53. The molecule has 0 radical (unpaired) electrons. The first-order chi connectivity index (χ1) is 10.2. The SMILES string of the molecule is CCCCN1COc2ccc(N3C(=O)C=CC3=O)cc2C1. The number of anilines is 1. The minimum absolute atomic E-state index is 0.292.